The molecule has 2 aliphatic rings. The lowest BCUT2D eigenvalue weighted by Crippen LogP contribution is -2.30. The SMILES string of the molecule is CCOC(OCC)[C@@H]1C[C@@H]2C=C[C@H]1C2. The van der Waals surface area contributed by atoms with Gasteiger partial charge in [-0.25, -0.2) is 0 Å². The van der Waals surface area contributed by atoms with E-state index in [0.29, 0.717) is 11.8 Å². The molecular formula is C12H20O2. The summed E-state index contributed by atoms with van der Waals surface area (Å²) >= 11 is 0. The summed E-state index contributed by atoms with van der Waals surface area (Å²) in [5.41, 5.74) is 0. The minimum absolute atomic E-state index is 0.0324. The second-order valence-electron chi connectivity index (χ2n) is 4.22. The van der Waals surface area contributed by atoms with Crippen LogP contribution in [0.3, 0.4) is 0 Å². The first-order valence-corrected chi connectivity index (χ1v) is 5.76. The average molecular weight is 196 g/mol. The predicted octanol–water partition coefficient (Wildman–Crippen LogP) is 2.60. The highest BCUT2D eigenvalue weighted by atomic mass is 16.7. The molecule has 0 saturated heterocycles. The molecule has 1 saturated carbocycles. The summed E-state index contributed by atoms with van der Waals surface area (Å²) in [6.45, 7) is 5.58. The molecule has 2 nitrogen and oxygen atoms in total. The summed E-state index contributed by atoms with van der Waals surface area (Å²) in [5.74, 6) is 2.11. The van der Waals surface area contributed by atoms with Crippen molar-refractivity contribution < 1.29 is 9.47 Å². The molecule has 0 aromatic rings. The van der Waals surface area contributed by atoms with Crippen molar-refractivity contribution >= 4 is 0 Å². The molecule has 0 aromatic carbocycles. The molecule has 0 unspecified atom stereocenters. The first-order chi connectivity index (χ1) is 6.85. The van der Waals surface area contributed by atoms with Gasteiger partial charge >= 0.3 is 0 Å². The van der Waals surface area contributed by atoms with Gasteiger partial charge in [-0.1, -0.05) is 12.2 Å². The molecule has 2 rings (SSSR count). The van der Waals surface area contributed by atoms with Crippen LogP contribution in [-0.4, -0.2) is 19.5 Å². The lowest BCUT2D eigenvalue weighted by Gasteiger charge is -2.27. The predicted molar refractivity (Wildman–Crippen MR) is 55.9 cm³/mol. The zero-order valence-electron chi connectivity index (χ0n) is 9.11. The third-order valence-electron chi connectivity index (χ3n) is 3.34. The van der Waals surface area contributed by atoms with Crippen LogP contribution in [-0.2, 0) is 9.47 Å². The lowest BCUT2D eigenvalue weighted by molar-refractivity contribution is -0.171. The van der Waals surface area contributed by atoms with Gasteiger partial charge in [-0.05, 0) is 38.5 Å². The van der Waals surface area contributed by atoms with E-state index in [1.807, 2.05) is 13.8 Å². The van der Waals surface area contributed by atoms with Gasteiger partial charge in [-0.2, -0.15) is 0 Å². The Morgan fingerprint density at radius 1 is 1.14 bits per heavy atom. The summed E-state index contributed by atoms with van der Waals surface area (Å²) in [5, 5.41) is 0. The monoisotopic (exact) mass is 196 g/mol. The van der Waals surface area contributed by atoms with E-state index in [4.69, 9.17) is 9.47 Å². The maximum absolute atomic E-state index is 5.66. The van der Waals surface area contributed by atoms with Crippen molar-refractivity contribution in [3.63, 3.8) is 0 Å². The molecule has 0 amide bonds. The van der Waals surface area contributed by atoms with Crippen LogP contribution in [0.4, 0.5) is 0 Å². The molecule has 0 radical (unpaired) electrons. The Balaban J connectivity index is 1.94. The number of ether oxygens (including phenoxy) is 2. The Bertz CT molecular complexity index is 206. The van der Waals surface area contributed by atoms with Crippen molar-refractivity contribution in [2.45, 2.75) is 33.0 Å². The smallest absolute Gasteiger partial charge is 0.160 e. The zero-order chi connectivity index (χ0) is 9.97. The van der Waals surface area contributed by atoms with Gasteiger partial charge in [-0.3, -0.25) is 0 Å². The first kappa shape index (κ1) is 10.2. The van der Waals surface area contributed by atoms with Crippen molar-refractivity contribution in [2.75, 3.05) is 13.2 Å². The fourth-order valence-corrected chi connectivity index (χ4v) is 2.76. The lowest BCUT2D eigenvalue weighted by atomic mass is 9.93. The highest BCUT2D eigenvalue weighted by molar-refractivity contribution is 5.10. The molecule has 2 aliphatic carbocycles. The highest BCUT2D eigenvalue weighted by Gasteiger charge is 2.40. The van der Waals surface area contributed by atoms with Gasteiger partial charge in [0, 0.05) is 19.1 Å². The van der Waals surface area contributed by atoms with Crippen LogP contribution in [0, 0.1) is 17.8 Å². The Labute approximate surface area is 86.3 Å². The fraction of sp³-hybridized carbons (Fsp3) is 0.833. The number of hydrogen-bond acceptors (Lipinski definition) is 2. The van der Waals surface area contributed by atoms with Crippen molar-refractivity contribution in [1.29, 1.82) is 0 Å². The summed E-state index contributed by atoms with van der Waals surface area (Å²) in [7, 11) is 0. The highest BCUT2D eigenvalue weighted by Crippen LogP contribution is 2.45. The van der Waals surface area contributed by atoms with Crippen LogP contribution in [0.25, 0.3) is 0 Å². The standard InChI is InChI=1S/C12H20O2/c1-3-13-12(14-4-2)11-8-9-5-6-10(11)7-9/h5-6,9-12H,3-4,7-8H2,1-2H3/t9-,10+,11-/m1/s1. The maximum Gasteiger partial charge on any atom is 0.160 e. The van der Waals surface area contributed by atoms with Crippen LogP contribution >= 0.6 is 0 Å². The fourth-order valence-electron chi connectivity index (χ4n) is 2.76. The molecule has 0 aromatic heterocycles. The van der Waals surface area contributed by atoms with Gasteiger partial charge in [-0.15, -0.1) is 0 Å². The molecule has 0 aliphatic heterocycles. The molecule has 0 heterocycles. The Morgan fingerprint density at radius 3 is 2.29 bits per heavy atom. The molecule has 0 spiro atoms. The van der Waals surface area contributed by atoms with E-state index in [1.165, 1.54) is 12.8 Å². The van der Waals surface area contributed by atoms with E-state index in [-0.39, 0.29) is 6.29 Å². The van der Waals surface area contributed by atoms with Gasteiger partial charge in [0.2, 0.25) is 0 Å². The van der Waals surface area contributed by atoms with Gasteiger partial charge in [0.25, 0.3) is 0 Å². The van der Waals surface area contributed by atoms with Gasteiger partial charge < -0.3 is 9.47 Å². The molecular weight excluding hydrogens is 176 g/mol. The summed E-state index contributed by atoms with van der Waals surface area (Å²) < 4.78 is 11.3. The molecule has 2 heteroatoms. The summed E-state index contributed by atoms with van der Waals surface area (Å²) in [4.78, 5) is 0. The maximum atomic E-state index is 5.66. The van der Waals surface area contributed by atoms with Crippen molar-refractivity contribution in [2.24, 2.45) is 17.8 Å². The molecule has 1 fully saturated rings. The van der Waals surface area contributed by atoms with Crippen molar-refractivity contribution in [3.8, 4) is 0 Å². The number of allylic oxidation sites excluding steroid dienone is 2. The molecule has 14 heavy (non-hydrogen) atoms. The third kappa shape index (κ3) is 1.86. The van der Waals surface area contributed by atoms with Crippen LogP contribution in [0.1, 0.15) is 26.7 Å². The van der Waals surface area contributed by atoms with Gasteiger partial charge in [0.15, 0.2) is 6.29 Å². The molecule has 2 bridgehead atoms. The summed E-state index contributed by atoms with van der Waals surface area (Å²) in [6, 6.07) is 0. The molecule has 0 N–H and O–H groups in total. The topological polar surface area (TPSA) is 18.5 Å². The molecule has 3 atom stereocenters. The van der Waals surface area contributed by atoms with Gasteiger partial charge in [0.05, 0.1) is 0 Å². The minimum atomic E-state index is 0.0324. The quantitative estimate of drug-likeness (QED) is 0.497. The average Bonchev–Trinajstić information content (AvgIpc) is 2.78. The van der Waals surface area contributed by atoms with Gasteiger partial charge in [0.1, 0.15) is 0 Å². The van der Waals surface area contributed by atoms with E-state index in [2.05, 4.69) is 12.2 Å². The number of rotatable bonds is 5. The Hall–Kier alpha value is -0.340. The van der Waals surface area contributed by atoms with Crippen LogP contribution < -0.4 is 0 Å². The van der Waals surface area contributed by atoms with E-state index in [0.717, 1.165) is 19.1 Å². The minimum Gasteiger partial charge on any atom is -0.353 e. The van der Waals surface area contributed by atoms with Crippen LogP contribution in [0.2, 0.25) is 0 Å². The van der Waals surface area contributed by atoms with Crippen molar-refractivity contribution in [1.82, 2.24) is 0 Å². The number of hydrogen-bond donors (Lipinski definition) is 0. The van der Waals surface area contributed by atoms with E-state index >= 15 is 0 Å². The zero-order valence-corrected chi connectivity index (χ0v) is 9.11. The number of fused-ring (bicyclic) bond motifs is 2. The van der Waals surface area contributed by atoms with E-state index in [9.17, 15) is 0 Å². The second kappa shape index (κ2) is 4.45. The Kier molecular flexibility index (Phi) is 3.24. The normalized spacial score (nSPS) is 34.6. The Morgan fingerprint density at radius 2 is 1.86 bits per heavy atom. The molecule has 80 valence electrons. The largest absolute Gasteiger partial charge is 0.353 e. The van der Waals surface area contributed by atoms with Crippen LogP contribution in [0.5, 0.6) is 0 Å². The van der Waals surface area contributed by atoms with E-state index < -0.39 is 0 Å². The summed E-state index contributed by atoms with van der Waals surface area (Å²) in [6.07, 6.45) is 7.32. The van der Waals surface area contributed by atoms with Crippen molar-refractivity contribution in [3.05, 3.63) is 12.2 Å². The second-order valence-corrected chi connectivity index (χ2v) is 4.22. The third-order valence-corrected chi connectivity index (χ3v) is 3.34. The first-order valence-electron chi connectivity index (χ1n) is 5.76. The van der Waals surface area contributed by atoms with E-state index in [1.54, 1.807) is 0 Å². The van der Waals surface area contributed by atoms with Crippen LogP contribution in [0.15, 0.2) is 12.2 Å².